The first-order valence-electron chi connectivity index (χ1n) is 7.04. The molecule has 0 fully saturated rings. The molecule has 0 aromatic carbocycles. The van der Waals surface area contributed by atoms with E-state index in [0.29, 0.717) is 0 Å². The highest BCUT2D eigenvalue weighted by Gasteiger charge is 2.01. The van der Waals surface area contributed by atoms with E-state index in [2.05, 4.69) is 35.8 Å². The van der Waals surface area contributed by atoms with Crippen molar-refractivity contribution in [1.82, 2.24) is 14.9 Å². The van der Waals surface area contributed by atoms with Crippen LogP contribution in [0.1, 0.15) is 44.5 Å². The molecule has 18 heavy (non-hydrogen) atoms. The first-order chi connectivity index (χ1) is 8.58. The maximum Gasteiger partial charge on any atom is 0.125 e. The molecule has 3 heteroatoms. The van der Waals surface area contributed by atoms with Gasteiger partial charge in [-0.2, -0.15) is 0 Å². The second-order valence-electron chi connectivity index (χ2n) is 5.58. The Morgan fingerprint density at radius 1 is 1.11 bits per heavy atom. The van der Waals surface area contributed by atoms with Gasteiger partial charge in [0.15, 0.2) is 0 Å². The van der Waals surface area contributed by atoms with Crippen molar-refractivity contribution in [2.45, 2.75) is 46.5 Å². The van der Waals surface area contributed by atoms with Crippen molar-refractivity contribution in [3.8, 4) is 0 Å². The Hall–Kier alpha value is -0.960. The third kappa shape index (κ3) is 6.70. The number of hydrogen-bond donors (Lipinski definition) is 0. The lowest BCUT2D eigenvalue weighted by atomic mass is 10.1. The summed E-state index contributed by atoms with van der Waals surface area (Å²) >= 11 is 0. The summed E-state index contributed by atoms with van der Waals surface area (Å²) in [5.74, 6) is 1.68. The minimum Gasteiger partial charge on any atom is -0.306 e. The molecule has 0 N–H and O–H groups in total. The molecule has 0 unspecified atom stereocenters. The largest absolute Gasteiger partial charge is 0.306 e. The standard InChI is InChI=1S/C15H27N3/c1-13(2)7-5-6-9-18(4)10-8-15-11-16-14(3)17-12-15/h11-13H,5-10H2,1-4H3. The maximum absolute atomic E-state index is 4.22. The van der Waals surface area contributed by atoms with E-state index in [-0.39, 0.29) is 0 Å². The summed E-state index contributed by atoms with van der Waals surface area (Å²) in [7, 11) is 2.20. The summed E-state index contributed by atoms with van der Waals surface area (Å²) in [4.78, 5) is 10.8. The van der Waals surface area contributed by atoms with Crippen molar-refractivity contribution in [3.05, 3.63) is 23.8 Å². The quantitative estimate of drug-likeness (QED) is 0.663. The van der Waals surface area contributed by atoms with Crippen LogP contribution in [-0.2, 0) is 6.42 Å². The summed E-state index contributed by atoms with van der Waals surface area (Å²) in [6.07, 6.45) is 8.92. The minimum absolute atomic E-state index is 0.833. The van der Waals surface area contributed by atoms with Gasteiger partial charge in [0.1, 0.15) is 5.82 Å². The molecule has 0 radical (unpaired) electrons. The van der Waals surface area contributed by atoms with Crippen molar-refractivity contribution in [1.29, 1.82) is 0 Å². The van der Waals surface area contributed by atoms with E-state index in [1.807, 2.05) is 19.3 Å². The SMILES string of the molecule is Cc1ncc(CCN(C)CCCCC(C)C)cn1. The molecule has 0 aliphatic carbocycles. The topological polar surface area (TPSA) is 29.0 Å². The highest BCUT2D eigenvalue weighted by atomic mass is 15.1. The number of likely N-dealkylation sites (N-methyl/N-ethyl adjacent to an activating group) is 1. The fraction of sp³-hybridized carbons (Fsp3) is 0.733. The lowest BCUT2D eigenvalue weighted by molar-refractivity contribution is 0.324. The van der Waals surface area contributed by atoms with Gasteiger partial charge in [0.25, 0.3) is 0 Å². The van der Waals surface area contributed by atoms with Gasteiger partial charge in [-0.25, -0.2) is 9.97 Å². The predicted octanol–water partition coefficient (Wildman–Crippen LogP) is 3.09. The Morgan fingerprint density at radius 3 is 2.39 bits per heavy atom. The smallest absolute Gasteiger partial charge is 0.125 e. The lowest BCUT2D eigenvalue weighted by Crippen LogP contribution is -2.22. The molecule has 1 aromatic rings. The van der Waals surface area contributed by atoms with E-state index < -0.39 is 0 Å². The van der Waals surface area contributed by atoms with Gasteiger partial charge in [0.2, 0.25) is 0 Å². The number of aromatic nitrogens is 2. The molecule has 0 saturated heterocycles. The number of unbranched alkanes of at least 4 members (excludes halogenated alkanes) is 1. The molecule has 0 spiro atoms. The van der Waals surface area contributed by atoms with Gasteiger partial charge >= 0.3 is 0 Å². The zero-order valence-corrected chi connectivity index (χ0v) is 12.3. The summed E-state index contributed by atoms with van der Waals surface area (Å²) in [6, 6.07) is 0. The fourth-order valence-electron chi connectivity index (χ4n) is 1.91. The van der Waals surface area contributed by atoms with Gasteiger partial charge in [0, 0.05) is 18.9 Å². The van der Waals surface area contributed by atoms with Crippen LogP contribution in [0, 0.1) is 12.8 Å². The van der Waals surface area contributed by atoms with Crippen molar-refractivity contribution in [2.75, 3.05) is 20.1 Å². The van der Waals surface area contributed by atoms with Crippen LogP contribution in [0.4, 0.5) is 0 Å². The van der Waals surface area contributed by atoms with Crippen LogP contribution in [0.15, 0.2) is 12.4 Å². The van der Waals surface area contributed by atoms with E-state index in [9.17, 15) is 0 Å². The molecule has 1 rings (SSSR count). The first kappa shape index (κ1) is 15.1. The van der Waals surface area contributed by atoms with Crippen LogP contribution >= 0.6 is 0 Å². The van der Waals surface area contributed by atoms with Crippen LogP contribution in [0.2, 0.25) is 0 Å². The van der Waals surface area contributed by atoms with Crippen LogP contribution in [0.5, 0.6) is 0 Å². The third-order valence-corrected chi connectivity index (χ3v) is 3.19. The average molecular weight is 249 g/mol. The van der Waals surface area contributed by atoms with Gasteiger partial charge in [-0.3, -0.25) is 0 Å². The second-order valence-corrected chi connectivity index (χ2v) is 5.58. The van der Waals surface area contributed by atoms with Gasteiger partial charge in [-0.05, 0) is 44.8 Å². The predicted molar refractivity (Wildman–Crippen MR) is 76.7 cm³/mol. The van der Waals surface area contributed by atoms with Gasteiger partial charge < -0.3 is 4.90 Å². The van der Waals surface area contributed by atoms with E-state index in [1.54, 1.807) is 0 Å². The first-order valence-corrected chi connectivity index (χ1v) is 7.04. The van der Waals surface area contributed by atoms with Crippen LogP contribution in [0.25, 0.3) is 0 Å². The highest BCUT2D eigenvalue weighted by Crippen LogP contribution is 2.07. The molecule has 1 heterocycles. The number of nitrogens with zero attached hydrogens (tertiary/aromatic N) is 3. The zero-order valence-electron chi connectivity index (χ0n) is 12.3. The minimum atomic E-state index is 0.833. The molecular formula is C15H27N3. The molecule has 0 amide bonds. The van der Waals surface area contributed by atoms with Crippen LogP contribution < -0.4 is 0 Å². The van der Waals surface area contributed by atoms with Crippen molar-refractivity contribution in [3.63, 3.8) is 0 Å². The van der Waals surface area contributed by atoms with Crippen molar-refractivity contribution >= 4 is 0 Å². The molecule has 0 aliphatic rings. The molecule has 102 valence electrons. The summed E-state index contributed by atoms with van der Waals surface area (Å²) in [6.45, 7) is 8.79. The van der Waals surface area contributed by atoms with E-state index in [4.69, 9.17) is 0 Å². The van der Waals surface area contributed by atoms with E-state index >= 15 is 0 Å². The van der Waals surface area contributed by atoms with Crippen LogP contribution in [-0.4, -0.2) is 35.0 Å². The van der Waals surface area contributed by atoms with E-state index in [1.165, 1.54) is 31.4 Å². The lowest BCUT2D eigenvalue weighted by Gasteiger charge is -2.16. The monoisotopic (exact) mass is 249 g/mol. The van der Waals surface area contributed by atoms with Crippen molar-refractivity contribution in [2.24, 2.45) is 5.92 Å². The van der Waals surface area contributed by atoms with Gasteiger partial charge in [0.05, 0.1) is 0 Å². The summed E-state index contributed by atoms with van der Waals surface area (Å²) in [5, 5.41) is 0. The molecule has 1 aromatic heterocycles. The Kier molecular flexibility index (Phi) is 6.88. The molecule has 0 bridgehead atoms. The molecule has 3 nitrogen and oxygen atoms in total. The molecule has 0 saturated carbocycles. The second kappa shape index (κ2) is 8.20. The van der Waals surface area contributed by atoms with Crippen LogP contribution in [0.3, 0.4) is 0 Å². The molecule has 0 atom stereocenters. The maximum atomic E-state index is 4.22. The zero-order chi connectivity index (χ0) is 13.4. The summed E-state index contributed by atoms with van der Waals surface area (Å²) in [5.41, 5.74) is 1.23. The Morgan fingerprint density at radius 2 is 1.78 bits per heavy atom. The summed E-state index contributed by atoms with van der Waals surface area (Å²) < 4.78 is 0. The Bertz CT molecular complexity index is 319. The van der Waals surface area contributed by atoms with Crippen molar-refractivity contribution < 1.29 is 0 Å². The fourth-order valence-corrected chi connectivity index (χ4v) is 1.91. The van der Waals surface area contributed by atoms with Gasteiger partial charge in [-0.15, -0.1) is 0 Å². The third-order valence-electron chi connectivity index (χ3n) is 3.19. The normalized spacial score (nSPS) is 11.4. The molecular weight excluding hydrogens is 222 g/mol. The molecule has 0 aliphatic heterocycles. The number of hydrogen-bond acceptors (Lipinski definition) is 3. The number of aryl methyl sites for hydroxylation is 1. The van der Waals surface area contributed by atoms with Gasteiger partial charge in [-0.1, -0.05) is 26.7 Å². The van der Waals surface area contributed by atoms with E-state index in [0.717, 1.165) is 24.7 Å². The highest BCUT2D eigenvalue weighted by molar-refractivity contribution is 5.05. The number of rotatable bonds is 8. The average Bonchev–Trinajstić information content (AvgIpc) is 2.34. The Balaban J connectivity index is 2.13. The Labute approximate surface area is 112 Å².